The molecular weight excluding hydrogens is 348 g/mol. The number of carbonyl (C=O) groups is 1. The fourth-order valence-electron chi connectivity index (χ4n) is 1.92. The molecule has 0 aliphatic heterocycles. The molecule has 2 aromatic carbocycles. The summed E-state index contributed by atoms with van der Waals surface area (Å²) in [6.07, 6.45) is 0. The maximum absolute atomic E-state index is 12.3. The van der Waals surface area contributed by atoms with Crippen LogP contribution in [0.25, 0.3) is 0 Å². The fraction of sp³-hybridized carbons (Fsp3) is 0.235. The molecule has 0 heterocycles. The van der Waals surface area contributed by atoms with Gasteiger partial charge in [-0.2, -0.15) is 0 Å². The first-order valence-corrected chi connectivity index (χ1v) is 9.31. The first-order chi connectivity index (χ1) is 11.3. The summed E-state index contributed by atoms with van der Waals surface area (Å²) < 4.78 is 27.0. The van der Waals surface area contributed by atoms with Gasteiger partial charge in [0.15, 0.2) is 0 Å². The van der Waals surface area contributed by atoms with E-state index in [1.165, 1.54) is 24.3 Å². The van der Waals surface area contributed by atoms with Crippen LogP contribution in [0.1, 0.15) is 24.2 Å². The highest BCUT2D eigenvalue weighted by Crippen LogP contribution is 2.18. The average Bonchev–Trinajstić information content (AvgIpc) is 2.53. The average molecular weight is 367 g/mol. The monoisotopic (exact) mass is 366 g/mol. The van der Waals surface area contributed by atoms with Crippen molar-refractivity contribution in [3.8, 4) is 0 Å². The first kappa shape index (κ1) is 18.3. The molecule has 128 valence electrons. The topological polar surface area (TPSA) is 75.3 Å². The number of rotatable bonds is 6. The molecular formula is C17H19ClN2O3S. The van der Waals surface area contributed by atoms with Gasteiger partial charge in [-0.05, 0) is 54.4 Å². The Bertz CT molecular complexity index is 801. The van der Waals surface area contributed by atoms with Crippen molar-refractivity contribution < 1.29 is 13.2 Å². The van der Waals surface area contributed by atoms with Crippen LogP contribution in [0, 0.1) is 5.92 Å². The molecule has 0 atom stereocenters. The quantitative estimate of drug-likeness (QED) is 0.821. The first-order valence-electron chi connectivity index (χ1n) is 7.44. The van der Waals surface area contributed by atoms with Crippen LogP contribution in [-0.2, 0) is 10.0 Å². The van der Waals surface area contributed by atoms with Crippen LogP contribution < -0.4 is 10.0 Å². The molecule has 0 radical (unpaired) electrons. The minimum Gasteiger partial charge on any atom is -0.352 e. The van der Waals surface area contributed by atoms with Gasteiger partial charge in [0.2, 0.25) is 0 Å². The van der Waals surface area contributed by atoms with Gasteiger partial charge in [-0.25, -0.2) is 8.42 Å². The summed E-state index contributed by atoms with van der Waals surface area (Å²) >= 11 is 5.76. The Hall–Kier alpha value is -2.05. The van der Waals surface area contributed by atoms with Crippen LogP contribution in [0.2, 0.25) is 5.02 Å². The molecule has 0 fully saturated rings. The van der Waals surface area contributed by atoms with Crippen molar-refractivity contribution in [3.63, 3.8) is 0 Å². The predicted molar refractivity (Wildman–Crippen MR) is 95.9 cm³/mol. The second-order valence-electron chi connectivity index (χ2n) is 5.74. The van der Waals surface area contributed by atoms with Crippen molar-refractivity contribution in [2.24, 2.45) is 5.92 Å². The molecule has 2 N–H and O–H groups in total. The third-order valence-corrected chi connectivity index (χ3v) is 4.84. The Balaban J connectivity index is 2.08. The van der Waals surface area contributed by atoms with Gasteiger partial charge in [-0.1, -0.05) is 25.4 Å². The SMILES string of the molecule is CC(C)CNC(=O)c1ccc(NS(=O)(=O)c2ccc(Cl)cc2)cc1. The molecule has 0 saturated heterocycles. The van der Waals surface area contributed by atoms with Gasteiger partial charge in [0.05, 0.1) is 4.90 Å². The maximum Gasteiger partial charge on any atom is 0.261 e. The second-order valence-corrected chi connectivity index (χ2v) is 7.86. The molecule has 0 spiro atoms. The van der Waals surface area contributed by atoms with Crippen LogP contribution in [0.5, 0.6) is 0 Å². The molecule has 5 nitrogen and oxygen atoms in total. The highest BCUT2D eigenvalue weighted by atomic mass is 35.5. The number of nitrogens with one attached hydrogen (secondary N) is 2. The van der Waals surface area contributed by atoms with E-state index in [0.29, 0.717) is 28.7 Å². The van der Waals surface area contributed by atoms with Crippen LogP contribution in [0.3, 0.4) is 0 Å². The second kappa shape index (κ2) is 7.68. The zero-order valence-electron chi connectivity index (χ0n) is 13.4. The Labute approximate surface area is 147 Å². The smallest absolute Gasteiger partial charge is 0.261 e. The van der Waals surface area contributed by atoms with E-state index in [4.69, 9.17) is 11.6 Å². The van der Waals surface area contributed by atoms with Crippen LogP contribution in [-0.4, -0.2) is 20.9 Å². The Morgan fingerprint density at radius 1 is 1.04 bits per heavy atom. The number of sulfonamides is 1. The standard InChI is InChI=1S/C17H19ClN2O3S/c1-12(2)11-19-17(21)13-3-7-15(8-4-13)20-24(22,23)16-9-5-14(18)6-10-16/h3-10,12,20H,11H2,1-2H3,(H,19,21). The van der Waals surface area contributed by atoms with E-state index >= 15 is 0 Å². The highest BCUT2D eigenvalue weighted by molar-refractivity contribution is 7.92. The van der Waals surface area contributed by atoms with Crippen LogP contribution in [0.4, 0.5) is 5.69 Å². The lowest BCUT2D eigenvalue weighted by molar-refractivity contribution is 0.0949. The summed E-state index contributed by atoms with van der Waals surface area (Å²) in [7, 11) is -3.69. The summed E-state index contributed by atoms with van der Waals surface area (Å²) in [5, 5.41) is 3.27. The zero-order chi connectivity index (χ0) is 17.7. The normalized spacial score (nSPS) is 11.3. The van der Waals surface area contributed by atoms with Crippen molar-refractivity contribution in [2.45, 2.75) is 18.7 Å². The van der Waals surface area contributed by atoms with Crippen molar-refractivity contribution in [1.29, 1.82) is 0 Å². The minimum atomic E-state index is -3.69. The molecule has 0 aliphatic rings. The van der Waals surface area contributed by atoms with Gasteiger partial charge >= 0.3 is 0 Å². The van der Waals surface area contributed by atoms with Crippen molar-refractivity contribution in [2.75, 3.05) is 11.3 Å². The molecule has 0 aromatic heterocycles. The van der Waals surface area contributed by atoms with E-state index in [2.05, 4.69) is 10.0 Å². The number of anilines is 1. The summed E-state index contributed by atoms with van der Waals surface area (Å²) in [5.41, 5.74) is 0.857. The lowest BCUT2D eigenvalue weighted by Gasteiger charge is -2.10. The van der Waals surface area contributed by atoms with Gasteiger partial charge in [0, 0.05) is 22.8 Å². The summed E-state index contributed by atoms with van der Waals surface area (Å²) in [5.74, 6) is 0.176. The molecule has 24 heavy (non-hydrogen) atoms. The van der Waals surface area contributed by atoms with Gasteiger partial charge < -0.3 is 5.32 Å². The number of hydrogen-bond acceptors (Lipinski definition) is 3. The van der Waals surface area contributed by atoms with Gasteiger partial charge in [-0.3, -0.25) is 9.52 Å². The largest absolute Gasteiger partial charge is 0.352 e. The minimum absolute atomic E-state index is 0.116. The Morgan fingerprint density at radius 2 is 1.62 bits per heavy atom. The molecule has 1 amide bonds. The summed E-state index contributed by atoms with van der Waals surface area (Å²) in [4.78, 5) is 12.1. The van der Waals surface area contributed by atoms with Crippen LogP contribution >= 0.6 is 11.6 Å². The van der Waals surface area contributed by atoms with E-state index in [9.17, 15) is 13.2 Å². The molecule has 0 saturated carbocycles. The van der Waals surface area contributed by atoms with Crippen molar-refractivity contribution in [1.82, 2.24) is 5.32 Å². The van der Waals surface area contributed by atoms with E-state index in [-0.39, 0.29) is 10.8 Å². The number of carbonyl (C=O) groups excluding carboxylic acids is 1. The Morgan fingerprint density at radius 3 is 2.17 bits per heavy atom. The number of amides is 1. The predicted octanol–water partition coefficient (Wildman–Crippen LogP) is 3.53. The third kappa shape index (κ3) is 4.97. The van der Waals surface area contributed by atoms with Crippen LogP contribution in [0.15, 0.2) is 53.4 Å². The molecule has 2 aromatic rings. The number of hydrogen-bond donors (Lipinski definition) is 2. The van der Waals surface area contributed by atoms with Crippen molar-refractivity contribution >= 4 is 33.2 Å². The lowest BCUT2D eigenvalue weighted by atomic mass is 10.2. The van der Waals surface area contributed by atoms with Gasteiger partial charge in [-0.15, -0.1) is 0 Å². The number of benzene rings is 2. The lowest BCUT2D eigenvalue weighted by Crippen LogP contribution is -2.27. The highest BCUT2D eigenvalue weighted by Gasteiger charge is 2.14. The van der Waals surface area contributed by atoms with Gasteiger partial charge in [0.25, 0.3) is 15.9 Å². The number of halogens is 1. The van der Waals surface area contributed by atoms with E-state index in [1.807, 2.05) is 13.8 Å². The maximum atomic E-state index is 12.3. The fourth-order valence-corrected chi connectivity index (χ4v) is 3.10. The zero-order valence-corrected chi connectivity index (χ0v) is 15.0. The molecule has 0 aliphatic carbocycles. The van der Waals surface area contributed by atoms with Gasteiger partial charge in [0.1, 0.15) is 0 Å². The molecule has 0 bridgehead atoms. The molecule has 2 rings (SSSR count). The third-order valence-electron chi connectivity index (χ3n) is 3.19. The molecule has 0 unspecified atom stereocenters. The molecule has 7 heteroatoms. The van der Waals surface area contributed by atoms with E-state index in [0.717, 1.165) is 0 Å². The summed E-state index contributed by atoms with van der Waals surface area (Å²) in [6.45, 7) is 4.60. The van der Waals surface area contributed by atoms with Crippen molar-refractivity contribution in [3.05, 3.63) is 59.1 Å². The Kier molecular flexibility index (Phi) is 5.85. The summed E-state index contributed by atoms with van der Waals surface area (Å²) in [6, 6.07) is 12.1. The van der Waals surface area contributed by atoms with E-state index in [1.54, 1.807) is 24.3 Å². The van der Waals surface area contributed by atoms with E-state index < -0.39 is 10.0 Å².